The van der Waals surface area contributed by atoms with Gasteiger partial charge in [0.15, 0.2) is 0 Å². The summed E-state index contributed by atoms with van der Waals surface area (Å²) in [7, 11) is 1.45. The lowest BCUT2D eigenvalue weighted by molar-refractivity contribution is -0.143. The molecule has 7 nitrogen and oxygen atoms in total. The van der Waals surface area contributed by atoms with Crippen molar-refractivity contribution in [3.8, 4) is 0 Å². The van der Waals surface area contributed by atoms with Crippen molar-refractivity contribution in [3.63, 3.8) is 0 Å². The summed E-state index contributed by atoms with van der Waals surface area (Å²) in [4.78, 5) is 40.9. The quantitative estimate of drug-likeness (QED) is 0.638. The number of hydrogen-bond donors (Lipinski definition) is 1. The average molecular weight is 380 g/mol. The molecule has 3 amide bonds. The van der Waals surface area contributed by atoms with E-state index in [-0.39, 0.29) is 44.7 Å². The molecule has 1 aliphatic rings. The van der Waals surface area contributed by atoms with E-state index < -0.39 is 29.0 Å². The fraction of sp³-hybridized carbons (Fsp3) is 0.526. The van der Waals surface area contributed by atoms with E-state index in [1.165, 1.54) is 30.2 Å². The number of aliphatic hydroxyl groups excluding tert-OH is 1. The van der Waals surface area contributed by atoms with Crippen LogP contribution in [0.4, 0.5) is 4.39 Å². The third kappa shape index (κ3) is 4.17. The molecule has 0 aromatic heterocycles. The number of likely N-dealkylation sites (N-methyl/N-ethyl adjacent to an activating group) is 1. The molecule has 1 aliphatic heterocycles. The van der Waals surface area contributed by atoms with Crippen molar-refractivity contribution < 1.29 is 28.6 Å². The lowest BCUT2D eigenvalue weighted by Gasteiger charge is -2.30. The number of carbonyl (C=O) groups is 3. The van der Waals surface area contributed by atoms with Gasteiger partial charge in [0.05, 0.1) is 25.2 Å². The van der Waals surface area contributed by atoms with Gasteiger partial charge < -0.3 is 14.7 Å². The molecule has 0 bridgehead atoms. The highest BCUT2D eigenvalue weighted by atomic mass is 19.1. The number of hydrogen-bond acceptors (Lipinski definition) is 5. The van der Waals surface area contributed by atoms with E-state index in [4.69, 9.17) is 9.84 Å². The Hall–Kier alpha value is -2.32. The van der Waals surface area contributed by atoms with Crippen LogP contribution in [0.3, 0.4) is 0 Å². The summed E-state index contributed by atoms with van der Waals surface area (Å²) >= 11 is 0. The molecule has 0 saturated carbocycles. The van der Waals surface area contributed by atoms with Gasteiger partial charge in [0.2, 0.25) is 17.7 Å². The molecule has 1 aromatic rings. The number of benzene rings is 1. The van der Waals surface area contributed by atoms with E-state index >= 15 is 0 Å². The first-order chi connectivity index (χ1) is 12.9. The molecule has 0 aliphatic carbocycles. The van der Waals surface area contributed by atoms with E-state index in [0.29, 0.717) is 6.54 Å². The third-order valence-corrected chi connectivity index (χ3v) is 4.87. The average Bonchev–Trinajstić information content (AvgIpc) is 2.88. The van der Waals surface area contributed by atoms with Gasteiger partial charge >= 0.3 is 0 Å². The van der Waals surface area contributed by atoms with Gasteiger partial charge in [-0.05, 0) is 13.0 Å². The molecule has 27 heavy (non-hydrogen) atoms. The summed E-state index contributed by atoms with van der Waals surface area (Å²) in [6, 6.07) is 5.71. The van der Waals surface area contributed by atoms with Gasteiger partial charge in [-0.1, -0.05) is 18.2 Å². The Kier molecular flexibility index (Phi) is 7.04. The van der Waals surface area contributed by atoms with Crippen LogP contribution in [0.1, 0.15) is 25.3 Å². The molecule has 1 heterocycles. The first kappa shape index (κ1) is 21.0. The van der Waals surface area contributed by atoms with E-state index in [0.717, 1.165) is 4.90 Å². The van der Waals surface area contributed by atoms with Crippen LogP contribution in [0.2, 0.25) is 0 Å². The second-order valence-electron chi connectivity index (χ2n) is 6.46. The monoisotopic (exact) mass is 380 g/mol. The molecule has 1 saturated heterocycles. The van der Waals surface area contributed by atoms with Crippen molar-refractivity contribution in [2.75, 3.05) is 40.0 Å². The van der Waals surface area contributed by atoms with Gasteiger partial charge in [-0.15, -0.1) is 0 Å². The molecule has 148 valence electrons. The standard InChI is InChI=1S/C19H25FN2O5/c1-3-21(8-10-23)16(24)12-19(14-6-4-5-7-15(14)20)13-17(25)22(18(19)26)9-11-27-2/h4-7,23H,3,8-13H2,1-2H3. The Balaban J connectivity index is 2.45. The minimum Gasteiger partial charge on any atom is -0.395 e. The summed E-state index contributed by atoms with van der Waals surface area (Å²) in [5.74, 6) is -2.10. The SMILES string of the molecule is CCN(CCO)C(=O)CC1(c2ccccc2F)CC(=O)N(CCOC)C1=O. The van der Waals surface area contributed by atoms with Crippen LogP contribution >= 0.6 is 0 Å². The molecule has 8 heteroatoms. The Morgan fingerprint density at radius 2 is 2.07 bits per heavy atom. The van der Waals surface area contributed by atoms with E-state index in [2.05, 4.69) is 0 Å². The maximum absolute atomic E-state index is 14.6. The van der Waals surface area contributed by atoms with Crippen molar-refractivity contribution >= 4 is 17.7 Å². The van der Waals surface area contributed by atoms with Crippen LogP contribution in [0.15, 0.2) is 24.3 Å². The molecule has 1 aromatic carbocycles. The fourth-order valence-corrected chi connectivity index (χ4v) is 3.45. The molecule has 1 unspecified atom stereocenters. The Morgan fingerprint density at radius 1 is 1.37 bits per heavy atom. The number of halogens is 1. The number of rotatable bonds is 9. The predicted molar refractivity (Wildman–Crippen MR) is 95.2 cm³/mol. The minimum atomic E-state index is -1.59. The summed E-state index contributed by atoms with van der Waals surface area (Å²) in [5, 5.41) is 9.14. The lowest BCUT2D eigenvalue weighted by atomic mass is 9.75. The molecule has 1 N–H and O–H groups in total. The van der Waals surface area contributed by atoms with Crippen LogP contribution in [-0.2, 0) is 24.5 Å². The molecule has 0 radical (unpaired) electrons. The Labute approximate surface area is 157 Å². The lowest BCUT2D eigenvalue weighted by Crippen LogP contribution is -2.45. The number of ether oxygens (including phenoxy) is 1. The maximum Gasteiger partial charge on any atom is 0.241 e. The smallest absolute Gasteiger partial charge is 0.241 e. The number of imide groups is 1. The second-order valence-corrected chi connectivity index (χ2v) is 6.46. The van der Waals surface area contributed by atoms with Crippen LogP contribution in [0.25, 0.3) is 0 Å². The van der Waals surface area contributed by atoms with Crippen molar-refractivity contribution in [2.24, 2.45) is 0 Å². The molecular weight excluding hydrogens is 355 g/mol. The van der Waals surface area contributed by atoms with Gasteiger partial charge in [0, 0.05) is 38.6 Å². The topological polar surface area (TPSA) is 87.2 Å². The molecule has 1 atom stereocenters. The van der Waals surface area contributed by atoms with Crippen molar-refractivity contribution in [1.82, 2.24) is 9.80 Å². The van der Waals surface area contributed by atoms with Crippen molar-refractivity contribution in [3.05, 3.63) is 35.6 Å². The largest absolute Gasteiger partial charge is 0.395 e. The normalized spacial score (nSPS) is 19.6. The molecule has 1 fully saturated rings. The Morgan fingerprint density at radius 3 is 2.67 bits per heavy atom. The zero-order valence-electron chi connectivity index (χ0n) is 15.6. The summed E-state index contributed by atoms with van der Waals surface area (Å²) < 4.78 is 19.5. The predicted octanol–water partition coefficient (Wildman–Crippen LogP) is 0.700. The van der Waals surface area contributed by atoms with Crippen molar-refractivity contribution in [2.45, 2.75) is 25.2 Å². The number of amides is 3. The highest BCUT2D eigenvalue weighted by molar-refractivity contribution is 6.10. The molecule has 2 rings (SSSR count). The molecule has 0 spiro atoms. The number of aliphatic hydroxyl groups is 1. The highest BCUT2D eigenvalue weighted by Gasteiger charge is 2.54. The van der Waals surface area contributed by atoms with Crippen LogP contribution < -0.4 is 0 Å². The third-order valence-electron chi connectivity index (χ3n) is 4.87. The molecular formula is C19H25FN2O5. The van der Waals surface area contributed by atoms with Crippen LogP contribution in [0, 0.1) is 5.82 Å². The number of methoxy groups -OCH3 is 1. The summed E-state index contributed by atoms with van der Waals surface area (Å²) in [5.41, 5.74) is -1.55. The zero-order chi connectivity index (χ0) is 20.0. The fourth-order valence-electron chi connectivity index (χ4n) is 3.45. The number of nitrogens with zero attached hydrogens (tertiary/aromatic N) is 2. The number of carbonyl (C=O) groups excluding carboxylic acids is 3. The van der Waals surface area contributed by atoms with Gasteiger partial charge in [-0.2, -0.15) is 0 Å². The van der Waals surface area contributed by atoms with Gasteiger partial charge in [-0.25, -0.2) is 4.39 Å². The van der Waals surface area contributed by atoms with Crippen molar-refractivity contribution in [1.29, 1.82) is 0 Å². The minimum absolute atomic E-state index is 0.0386. The van der Waals surface area contributed by atoms with E-state index in [1.807, 2.05) is 0 Å². The second kappa shape index (κ2) is 9.05. The van der Waals surface area contributed by atoms with Gasteiger partial charge in [0.1, 0.15) is 5.82 Å². The first-order valence-electron chi connectivity index (χ1n) is 8.88. The van der Waals surface area contributed by atoms with Crippen LogP contribution in [-0.4, -0.2) is 72.6 Å². The first-order valence-corrected chi connectivity index (χ1v) is 8.88. The Bertz CT molecular complexity index is 711. The summed E-state index contributed by atoms with van der Waals surface area (Å²) in [6.45, 7) is 2.17. The highest BCUT2D eigenvalue weighted by Crippen LogP contribution is 2.41. The van der Waals surface area contributed by atoms with Crippen LogP contribution in [0.5, 0.6) is 0 Å². The van der Waals surface area contributed by atoms with E-state index in [1.54, 1.807) is 13.0 Å². The van der Waals surface area contributed by atoms with Gasteiger partial charge in [-0.3, -0.25) is 19.3 Å². The zero-order valence-corrected chi connectivity index (χ0v) is 15.6. The van der Waals surface area contributed by atoms with Gasteiger partial charge in [0.25, 0.3) is 0 Å². The maximum atomic E-state index is 14.6. The number of likely N-dealkylation sites (tertiary alicyclic amines) is 1. The van der Waals surface area contributed by atoms with E-state index in [9.17, 15) is 18.8 Å². The summed E-state index contributed by atoms with van der Waals surface area (Å²) in [6.07, 6.45) is -0.616.